The molecule has 0 amide bonds. The quantitative estimate of drug-likeness (QED) is 0.478. The molecule has 0 aliphatic rings. The van der Waals surface area contributed by atoms with Gasteiger partial charge in [0.25, 0.3) is 0 Å². The highest BCUT2D eigenvalue weighted by molar-refractivity contribution is 7.98. The highest BCUT2D eigenvalue weighted by atomic mass is 32.2. The molecule has 0 aliphatic carbocycles. The van der Waals surface area contributed by atoms with E-state index in [1.807, 2.05) is 32.0 Å². The van der Waals surface area contributed by atoms with Gasteiger partial charge in [-0.25, -0.2) is 4.98 Å². The highest BCUT2D eigenvalue weighted by Gasteiger charge is 2.19. The fourth-order valence-electron chi connectivity index (χ4n) is 2.91. The van der Waals surface area contributed by atoms with E-state index < -0.39 is 6.55 Å². The van der Waals surface area contributed by atoms with Crippen LogP contribution in [0.5, 0.6) is 0 Å². The summed E-state index contributed by atoms with van der Waals surface area (Å²) in [4.78, 5) is 4.35. The number of nitrogens with zero attached hydrogens (tertiary/aromatic N) is 6. The Labute approximate surface area is 158 Å². The van der Waals surface area contributed by atoms with Crippen LogP contribution in [0.15, 0.2) is 47.6 Å². The molecular formula is C18H16F2N6S. The van der Waals surface area contributed by atoms with Crippen LogP contribution in [0, 0.1) is 13.8 Å². The van der Waals surface area contributed by atoms with Crippen LogP contribution in [0.25, 0.3) is 16.7 Å². The summed E-state index contributed by atoms with van der Waals surface area (Å²) in [6.07, 6.45) is 0. The summed E-state index contributed by atoms with van der Waals surface area (Å²) in [6, 6.07) is 12.9. The molecule has 4 rings (SSSR count). The molecule has 2 aromatic heterocycles. The lowest BCUT2D eigenvalue weighted by Crippen LogP contribution is -2.05. The molecule has 27 heavy (non-hydrogen) atoms. The summed E-state index contributed by atoms with van der Waals surface area (Å²) in [5.41, 5.74) is 3.93. The molecule has 0 saturated carbocycles. The van der Waals surface area contributed by atoms with Gasteiger partial charge < -0.3 is 0 Å². The van der Waals surface area contributed by atoms with Gasteiger partial charge in [-0.1, -0.05) is 36.0 Å². The smallest absolute Gasteiger partial charge is 0.269 e. The van der Waals surface area contributed by atoms with Crippen molar-refractivity contribution in [3.8, 4) is 5.69 Å². The number of benzene rings is 2. The molecule has 138 valence electrons. The number of aromatic nitrogens is 6. The fraction of sp³-hybridized carbons (Fsp3) is 0.222. The molecule has 0 aliphatic heterocycles. The van der Waals surface area contributed by atoms with Gasteiger partial charge in [0.1, 0.15) is 5.82 Å². The Bertz CT molecular complexity index is 1100. The second kappa shape index (κ2) is 7.07. The summed E-state index contributed by atoms with van der Waals surface area (Å²) < 4.78 is 29.7. The number of para-hydroxylation sites is 2. The standard InChI is InChI=1S/C18H16F2N6S/c1-11-7-8-12(2)15(9-11)26-18(22-23-24-26)27-10-16-21-13-5-3-4-6-14(13)25(16)17(19)20/h3-9,17H,10H2,1-2H3. The van der Waals surface area contributed by atoms with Crippen molar-refractivity contribution in [3.05, 3.63) is 59.4 Å². The summed E-state index contributed by atoms with van der Waals surface area (Å²) in [5, 5.41) is 12.4. The van der Waals surface area contributed by atoms with Gasteiger partial charge in [-0.15, -0.1) is 5.10 Å². The Morgan fingerprint density at radius 3 is 2.74 bits per heavy atom. The average Bonchev–Trinajstić information content (AvgIpc) is 3.25. The number of tetrazole rings is 1. The van der Waals surface area contributed by atoms with E-state index in [0.29, 0.717) is 16.2 Å². The topological polar surface area (TPSA) is 61.4 Å². The van der Waals surface area contributed by atoms with Crippen molar-refractivity contribution >= 4 is 22.8 Å². The van der Waals surface area contributed by atoms with Gasteiger partial charge in [0.15, 0.2) is 0 Å². The van der Waals surface area contributed by atoms with E-state index in [1.54, 1.807) is 28.9 Å². The van der Waals surface area contributed by atoms with Crippen molar-refractivity contribution in [1.82, 2.24) is 29.8 Å². The van der Waals surface area contributed by atoms with Crippen LogP contribution in [0.3, 0.4) is 0 Å². The Morgan fingerprint density at radius 1 is 1.11 bits per heavy atom. The molecule has 9 heteroatoms. The number of imidazole rings is 1. The number of halogens is 2. The zero-order valence-corrected chi connectivity index (χ0v) is 15.5. The van der Waals surface area contributed by atoms with Gasteiger partial charge in [0.2, 0.25) is 5.16 Å². The number of fused-ring (bicyclic) bond motifs is 1. The SMILES string of the molecule is Cc1ccc(C)c(-n2nnnc2SCc2nc3ccccc3n2C(F)F)c1. The maximum atomic E-state index is 13.6. The van der Waals surface area contributed by atoms with E-state index in [2.05, 4.69) is 20.5 Å². The molecule has 0 spiro atoms. The van der Waals surface area contributed by atoms with E-state index >= 15 is 0 Å². The summed E-state index contributed by atoms with van der Waals surface area (Å²) >= 11 is 1.27. The zero-order valence-electron chi connectivity index (χ0n) is 14.7. The molecule has 0 atom stereocenters. The number of hydrogen-bond donors (Lipinski definition) is 0. The minimum Gasteiger partial charge on any atom is -0.269 e. The second-order valence-corrected chi connectivity index (χ2v) is 7.06. The molecule has 0 fully saturated rings. The molecular weight excluding hydrogens is 370 g/mol. The van der Waals surface area contributed by atoms with Gasteiger partial charge in [0.05, 0.1) is 22.5 Å². The third-order valence-electron chi connectivity index (χ3n) is 4.23. The molecule has 6 nitrogen and oxygen atoms in total. The third kappa shape index (κ3) is 3.30. The van der Waals surface area contributed by atoms with E-state index in [4.69, 9.17) is 0 Å². The third-order valence-corrected chi connectivity index (χ3v) is 5.14. The normalized spacial score (nSPS) is 11.6. The first kappa shape index (κ1) is 17.6. The number of thioether (sulfide) groups is 1. The first-order valence-electron chi connectivity index (χ1n) is 8.27. The van der Waals surface area contributed by atoms with Crippen molar-refractivity contribution in [2.24, 2.45) is 0 Å². The van der Waals surface area contributed by atoms with Gasteiger partial charge >= 0.3 is 6.55 Å². The minimum atomic E-state index is -2.66. The number of aryl methyl sites for hydroxylation is 2. The fourth-order valence-corrected chi connectivity index (χ4v) is 3.72. The maximum absolute atomic E-state index is 13.6. The Morgan fingerprint density at radius 2 is 1.93 bits per heavy atom. The van der Waals surface area contributed by atoms with Gasteiger partial charge in [-0.05, 0) is 53.6 Å². The van der Waals surface area contributed by atoms with Gasteiger partial charge in [-0.3, -0.25) is 4.57 Å². The average molecular weight is 386 g/mol. The predicted molar refractivity (Wildman–Crippen MR) is 99.2 cm³/mol. The second-order valence-electron chi connectivity index (χ2n) is 6.12. The number of hydrogen-bond acceptors (Lipinski definition) is 5. The molecule has 0 bridgehead atoms. The molecule has 2 aromatic carbocycles. The van der Waals surface area contributed by atoms with E-state index in [1.165, 1.54) is 11.8 Å². The van der Waals surface area contributed by atoms with Crippen molar-refractivity contribution < 1.29 is 8.78 Å². The lowest BCUT2D eigenvalue weighted by molar-refractivity contribution is 0.0722. The van der Waals surface area contributed by atoms with E-state index in [-0.39, 0.29) is 11.6 Å². The Hall–Kier alpha value is -2.81. The first-order valence-corrected chi connectivity index (χ1v) is 9.26. The van der Waals surface area contributed by atoms with Crippen molar-refractivity contribution in [2.45, 2.75) is 31.3 Å². The summed E-state index contributed by atoms with van der Waals surface area (Å²) in [6.45, 7) is 1.30. The van der Waals surface area contributed by atoms with Crippen molar-refractivity contribution in [1.29, 1.82) is 0 Å². The lowest BCUT2D eigenvalue weighted by atomic mass is 10.1. The largest absolute Gasteiger partial charge is 0.320 e. The van der Waals surface area contributed by atoms with E-state index in [9.17, 15) is 8.78 Å². The van der Waals surface area contributed by atoms with Crippen LogP contribution in [-0.2, 0) is 5.75 Å². The molecule has 0 N–H and O–H groups in total. The first-order chi connectivity index (χ1) is 13.0. The maximum Gasteiger partial charge on any atom is 0.320 e. The van der Waals surface area contributed by atoms with Crippen LogP contribution >= 0.6 is 11.8 Å². The molecule has 2 heterocycles. The summed E-state index contributed by atoms with van der Waals surface area (Å²) in [5.74, 6) is 0.510. The molecule has 0 radical (unpaired) electrons. The monoisotopic (exact) mass is 386 g/mol. The van der Waals surface area contributed by atoms with Crippen LogP contribution in [-0.4, -0.2) is 29.8 Å². The molecule has 4 aromatic rings. The highest BCUT2D eigenvalue weighted by Crippen LogP contribution is 2.29. The molecule has 0 saturated heterocycles. The van der Waals surface area contributed by atoms with Crippen molar-refractivity contribution in [2.75, 3.05) is 0 Å². The van der Waals surface area contributed by atoms with Crippen LogP contribution in [0.2, 0.25) is 0 Å². The van der Waals surface area contributed by atoms with Crippen LogP contribution in [0.1, 0.15) is 23.5 Å². The zero-order chi connectivity index (χ0) is 19.0. The number of rotatable bonds is 5. The molecule has 0 unspecified atom stereocenters. The van der Waals surface area contributed by atoms with Gasteiger partial charge in [-0.2, -0.15) is 13.5 Å². The minimum absolute atomic E-state index is 0.226. The summed E-state index contributed by atoms with van der Waals surface area (Å²) in [7, 11) is 0. The predicted octanol–water partition coefficient (Wildman–Crippen LogP) is 4.32. The number of alkyl halides is 2. The van der Waals surface area contributed by atoms with Crippen molar-refractivity contribution in [3.63, 3.8) is 0 Å². The van der Waals surface area contributed by atoms with Crippen LogP contribution < -0.4 is 0 Å². The van der Waals surface area contributed by atoms with Crippen LogP contribution in [0.4, 0.5) is 8.78 Å². The Kier molecular flexibility index (Phi) is 4.61. The lowest BCUT2D eigenvalue weighted by Gasteiger charge is -2.09. The van der Waals surface area contributed by atoms with E-state index in [0.717, 1.165) is 21.4 Å². The Balaban J connectivity index is 1.66. The van der Waals surface area contributed by atoms with Gasteiger partial charge in [0, 0.05) is 0 Å².